The molecule has 0 aliphatic carbocycles. The van der Waals surface area contributed by atoms with E-state index >= 15 is 0 Å². The predicted molar refractivity (Wildman–Crippen MR) is 123 cm³/mol. The van der Waals surface area contributed by atoms with Crippen molar-refractivity contribution in [1.82, 2.24) is 0 Å². The topological polar surface area (TPSA) is 49.7 Å². The van der Waals surface area contributed by atoms with Gasteiger partial charge >= 0.3 is 0 Å². The van der Waals surface area contributed by atoms with E-state index in [4.69, 9.17) is 4.74 Å². The van der Waals surface area contributed by atoms with Gasteiger partial charge in [0.05, 0.1) is 6.61 Å². The van der Waals surface area contributed by atoms with Gasteiger partial charge in [-0.15, -0.1) is 0 Å². The summed E-state index contributed by atoms with van der Waals surface area (Å²) in [7, 11) is 1.69. The van der Waals surface area contributed by atoms with Crippen LogP contribution in [-0.4, -0.2) is 17.3 Å². The first-order valence-electron chi connectivity index (χ1n) is 10.2. The first-order valence-corrected chi connectivity index (χ1v) is 10.2. The molecule has 0 radical (unpaired) electrons. The summed E-state index contributed by atoms with van der Waals surface area (Å²) in [6.45, 7) is 19.5. The summed E-state index contributed by atoms with van der Waals surface area (Å²) in [5, 5.41) is 20.0. The van der Waals surface area contributed by atoms with Gasteiger partial charge in [-0.1, -0.05) is 80.5 Å². The number of methoxy groups -OCH3 is 1. The SMILES string of the molecule is CC(C)(C)c1ccccc1O.COCc1cc(C(C)(C)C)c(O)c(C(C)(C)C)c1. The van der Waals surface area contributed by atoms with Crippen LogP contribution < -0.4 is 0 Å². The summed E-state index contributed by atoms with van der Waals surface area (Å²) in [5.74, 6) is 0.815. The first-order chi connectivity index (χ1) is 13.1. The van der Waals surface area contributed by atoms with Crippen LogP contribution in [-0.2, 0) is 27.6 Å². The third-order valence-corrected chi connectivity index (χ3v) is 4.81. The summed E-state index contributed by atoms with van der Waals surface area (Å²) in [6, 6.07) is 11.6. The minimum Gasteiger partial charge on any atom is -0.508 e. The van der Waals surface area contributed by atoms with E-state index in [0.717, 1.165) is 22.3 Å². The lowest BCUT2D eigenvalue weighted by Crippen LogP contribution is -2.18. The van der Waals surface area contributed by atoms with Crippen LogP contribution in [0, 0.1) is 0 Å². The Morgan fingerprint density at radius 2 is 1.10 bits per heavy atom. The summed E-state index contributed by atoms with van der Waals surface area (Å²) in [6.07, 6.45) is 0. The number of rotatable bonds is 2. The molecule has 2 aromatic rings. The number of phenols is 2. The first kappa shape index (κ1) is 25.0. The molecule has 0 saturated carbocycles. The van der Waals surface area contributed by atoms with Gasteiger partial charge in [-0.3, -0.25) is 0 Å². The van der Waals surface area contributed by atoms with Crippen molar-refractivity contribution in [3.63, 3.8) is 0 Å². The van der Waals surface area contributed by atoms with E-state index in [1.54, 1.807) is 13.2 Å². The van der Waals surface area contributed by atoms with Crippen LogP contribution in [0.25, 0.3) is 0 Å². The van der Waals surface area contributed by atoms with Crippen LogP contribution in [0.15, 0.2) is 36.4 Å². The molecule has 2 N–H and O–H groups in total. The van der Waals surface area contributed by atoms with E-state index in [2.05, 4.69) is 62.3 Å². The molecule has 0 aliphatic heterocycles. The van der Waals surface area contributed by atoms with Crippen LogP contribution in [0.5, 0.6) is 11.5 Å². The van der Waals surface area contributed by atoms with Crippen LogP contribution in [0.4, 0.5) is 0 Å². The van der Waals surface area contributed by atoms with Crippen LogP contribution >= 0.6 is 0 Å². The third kappa shape index (κ3) is 7.08. The quantitative estimate of drug-likeness (QED) is 0.581. The average Bonchev–Trinajstić information content (AvgIpc) is 2.54. The number of benzene rings is 2. The van der Waals surface area contributed by atoms with Crippen LogP contribution in [0.3, 0.4) is 0 Å². The third-order valence-electron chi connectivity index (χ3n) is 4.81. The van der Waals surface area contributed by atoms with Gasteiger partial charge in [0.2, 0.25) is 0 Å². The number of para-hydroxylation sites is 1. The van der Waals surface area contributed by atoms with Gasteiger partial charge in [-0.05, 0) is 56.7 Å². The molecule has 0 spiro atoms. The number of phenolic OH excluding ortho intramolecular Hbond substituents is 2. The average molecular weight is 401 g/mol. The fourth-order valence-electron chi connectivity index (χ4n) is 3.20. The Labute approximate surface area is 177 Å². The molecule has 29 heavy (non-hydrogen) atoms. The van der Waals surface area contributed by atoms with E-state index < -0.39 is 0 Å². The molecule has 0 amide bonds. The molecule has 2 rings (SSSR count). The van der Waals surface area contributed by atoms with Gasteiger partial charge < -0.3 is 14.9 Å². The molecule has 0 saturated heterocycles. The monoisotopic (exact) mass is 400 g/mol. The number of hydrogen-bond donors (Lipinski definition) is 2. The molecule has 0 aliphatic rings. The highest BCUT2D eigenvalue weighted by Crippen LogP contribution is 2.39. The van der Waals surface area contributed by atoms with E-state index in [0.29, 0.717) is 18.1 Å². The Kier molecular flexibility index (Phi) is 7.95. The smallest absolute Gasteiger partial charge is 0.123 e. The van der Waals surface area contributed by atoms with E-state index in [1.807, 2.05) is 30.3 Å². The number of aromatic hydroxyl groups is 2. The molecule has 0 heterocycles. The fourth-order valence-corrected chi connectivity index (χ4v) is 3.20. The maximum absolute atomic E-state index is 10.5. The molecular formula is C26H40O3. The maximum Gasteiger partial charge on any atom is 0.123 e. The minimum atomic E-state index is -0.0756. The predicted octanol–water partition coefficient (Wildman–Crippen LogP) is 6.82. The molecule has 3 heteroatoms. The summed E-state index contributed by atoms with van der Waals surface area (Å²) >= 11 is 0. The normalized spacial score (nSPS) is 12.3. The fraction of sp³-hybridized carbons (Fsp3) is 0.538. The second kappa shape index (κ2) is 9.21. The van der Waals surface area contributed by atoms with Crippen molar-refractivity contribution < 1.29 is 14.9 Å². The molecular weight excluding hydrogens is 360 g/mol. The van der Waals surface area contributed by atoms with Crippen LogP contribution in [0.1, 0.15) is 84.6 Å². The number of hydrogen-bond acceptors (Lipinski definition) is 3. The summed E-state index contributed by atoms with van der Waals surface area (Å²) in [4.78, 5) is 0. The molecule has 0 atom stereocenters. The standard InChI is InChI=1S/C16H26O2.C10H14O/c1-15(2,3)12-8-11(10-18-7)9-13(14(12)17)16(4,5)6;1-10(2,3)8-6-4-5-7-9(8)11/h8-9,17H,10H2,1-7H3;4-7,11H,1-3H3. The van der Waals surface area contributed by atoms with Gasteiger partial charge in [0.1, 0.15) is 11.5 Å². The second-order valence-electron chi connectivity index (χ2n) is 10.7. The Morgan fingerprint density at radius 3 is 1.41 bits per heavy atom. The highest BCUT2D eigenvalue weighted by Gasteiger charge is 2.26. The van der Waals surface area contributed by atoms with Crippen molar-refractivity contribution in [3.05, 3.63) is 58.7 Å². The van der Waals surface area contributed by atoms with Gasteiger partial charge in [0.15, 0.2) is 0 Å². The van der Waals surface area contributed by atoms with Crippen molar-refractivity contribution in [2.75, 3.05) is 7.11 Å². The molecule has 0 bridgehead atoms. The van der Waals surface area contributed by atoms with Crippen molar-refractivity contribution in [2.24, 2.45) is 0 Å². The molecule has 0 fully saturated rings. The van der Waals surface area contributed by atoms with E-state index in [9.17, 15) is 10.2 Å². The lowest BCUT2D eigenvalue weighted by molar-refractivity contribution is 0.184. The van der Waals surface area contributed by atoms with E-state index in [-0.39, 0.29) is 16.2 Å². The van der Waals surface area contributed by atoms with Crippen LogP contribution in [0.2, 0.25) is 0 Å². The van der Waals surface area contributed by atoms with Gasteiger partial charge in [0.25, 0.3) is 0 Å². The lowest BCUT2D eigenvalue weighted by Gasteiger charge is -2.28. The van der Waals surface area contributed by atoms with E-state index in [1.165, 1.54) is 0 Å². The Bertz CT molecular complexity index is 765. The highest BCUT2D eigenvalue weighted by molar-refractivity contribution is 5.49. The summed E-state index contributed by atoms with van der Waals surface area (Å²) in [5.41, 5.74) is 3.97. The number of ether oxygens (including phenoxy) is 1. The minimum absolute atomic E-state index is 0.0331. The van der Waals surface area contributed by atoms with Gasteiger partial charge in [-0.25, -0.2) is 0 Å². The maximum atomic E-state index is 10.5. The largest absolute Gasteiger partial charge is 0.508 e. The van der Waals surface area contributed by atoms with Crippen molar-refractivity contribution in [3.8, 4) is 11.5 Å². The molecule has 3 nitrogen and oxygen atoms in total. The molecule has 0 aromatic heterocycles. The van der Waals surface area contributed by atoms with Gasteiger partial charge in [0, 0.05) is 7.11 Å². The Balaban J connectivity index is 0.000000326. The van der Waals surface area contributed by atoms with Gasteiger partial charge in [-0.2, -0.15) is 0 Å². The zero-order valence-corrected chi connectivity index (χ0v) is 20.0. The zero-order valence-electron chi connectivity index (χ0n) is 20.0. The lowest BCUT2D eigenvalue weighted by atomic mass is 9.78. The molecule has 162 valence electrons. The molecule has 2 aromatic carbocycles. The van der Waals surface area contributed by atoms with Crippen molar-refractivity contribution in [1.29, 1.82) is 0 Å². The zero-order chi connectivity index (χ0) is 22.6. The Hall–Kier alpha value is -2.00. The second-order valence-corrected chi connectivity index (χ2v) is 10.7. The highest BCUT2D eigenvalue weighted by atomic mass is 16.5. The Morgan fingerprint density at radius 1 is 0.690 bits per heavy atom. The van der Waals surface area contributed by atoms with Crippen molar-refractivity contribution in [2.45, 2.75) is 85.2 Å². The summed E-state index contributed by atoms with van der Waals surface area (Å²) < 4.78 is 5.22. The molecule has 0 unspecified atom stereocenters. The van der Waals surface area contributed by atoms with Crippen molar-refractivity contribution >= 4 is 0 Å².